The molecule has 0 aliphatic carbocycles. The molecule has 0 fully saturated rings. The summed E-state index contributed by atoms with van der Waals surface area (Å²) in [4.78, 5) is 24.2. The molecule has 1 aromatic heterocycles. The number of hydrogen-bond donors (Lipinski definition) is 3. The number of rotatable bonds is 7. The largest absolute Gasteiger partial charge is 0.484 e. The van der Waals surface area contributed by atoms with Crippen molar-refractivity contribution in [2.45, 2.75) is 12.1 Å². The molecule has 0 saturated heterocycles. The number of nitrogens with two attached hydrogens (primary N) is 1. The average molecular weight is 455 g/mol. The predicted octanol–water partition coefficient (Wildman–Crippen LogP) is 4.03. The monoisotopic (exact) mass is 454 g/mol. The Kier molecular flexibility index (Phi) is 5.65. The third-order valence-electron chi connectivity index (χ3n) is 5.95. The fourth-order valence-corrected chi connectivity index (χ4v) is 4.22. The minimum absolute atomic E-state index is 0.179. The lowest BCUT2D eigenvalue weighted by Crippen LogP contribution is -2.21. The van der Waals surface area contributed by atoms with Gasteiger partial charge >= 0.3 is 0 Å². The zero-order valence-electron chi connectivity index (χ0n) is 18.6. The number of carbonyl (C=O) groups excluding carboxylic acids is 1. The Bertz CT molecular complexity index is 1350. The van der Waals surface area contributed by atoms with E-state index >= 15 is 0 Å². The second kappa shape index (κ2) is 8.92. The van der Waals surface area contributed by atoms with Gasteiger partial charge in [0.1, 0.15) is 17.5 Å². The van der Waals surface area contributed by atoms with Crippen LogP contribution in [0.5, 0.6) is 5.75 Å². The molecule has 4 aromatic rings. The standard InChI is InChI=1S/C26H23N5O3/c1-31(33)19-9-5-8-18(14-19)21(15-27)34-20-12-10-17(11-13-20)23-22-24(16-6-3-2-4-7-16)29-30-25(22)26(32)28-23/h2-14,21,23H,15,27H2,1H3,(H-,28,29,30,32)/p+1. The first-order valence-corrected chi connectivity index (χ1v) is 11.0. The number of hydrogen-bond acceptors (Lipinski definition) is 5. The lowest BCUT2D eigenvalue weighted by atomic mass is 9.97. The number of nitroso groups, excluding NO2 is 1. The van der Waals surface area contributed by atoms with E-state index in [1.54, 1.807) is 12.1 Å². The maximum absolute atomic E-state index is 12.5. The highest BCUT2D eigenvalue weighted by molar-refractivity contribution is 6.00. The second-order valence-corrected chi connectivity index (χ2v) is 8.14. The lowest BCUT2D eigenvalue weighted by molar-refractivity contribution is -0.428. The summed E-state index contributed by atoms with van der Waals surface area (Å²) in [6.45, 7) is 0.255. The highest BCUT2D eigenvalue weighted by Crippen LogP contribution is 2.37. The summed E-state index contributed by atoms with van der Waals surface area (Å²) in [5.74, 6) is 0.460. The van der Waals surface area contributed by atoms with E-state index in [1.807, 2.05) is 66.7 Å². The van der Waals surface area contributed by atoms with Crippen LogP contribution in [0, 0.1) is 4.91 Å². The molecular weight excluding hydrogens is 430 g/mol. The molecule has 1 aliphatic heterocycles. The number of amides is 1. The van der Waals surface area contributed by atoms with Gasteiger partial charge in [-0.15, -0.1) is 0 Å². The molecule has 3 aromatic carbocycles. The number of ether oxygens (including phenoxy) is 1. The lowest BCUT2D eigenvalue weighted by Gasteiger charge is -2.19. The summed E-state index contributed by atoms with van der Waals surface area (Å²) >= 11 is 0. The van der Waals surface area contributed by atoms with Crippen molar-refractivity contribution in [2.24, 2.45) is 5.73 Å². The van der Waals surface area contributed by atoms with Gasteiger partial charge in [-0.3, -0.25) is 9.89 Å². The van der Waals surface area contributed by atoms with E-state index in [0.717, 1.165) is 32.7 Å². The second-order valence-electron chi connectivity index (χ2n) is 8.14. The Morgan fingerprint density at radius 1 is 1.06 bits per heavy atom. The van der Waals surface area contributed by atoms with E-state index < -0.39 is 6.10 Å². The fraction of sp³-hybridized carbons (Fsp3) is 0.154. The first-order valence-electron chi connectivity index (χ1n) is 11.0. The van der Waals surface area contributed by atoms with Crippen LogP contribution < -0.4 is 15.8 Å². The minimum atomic E-state index is -0.401. The zero-order valence-corrected chi connectivity index (χ0v) is 18.6. The third kappa shape index (κ3) is 3.95. The number of benzene rings is 3. The summed E-state index contributed by atoms with van der Waals surface area (Å²) in [5, 5.41) is 10.3. The molecule has 5 rings (SSSR count). The molecule has 1 aliphatic rings. The molecule has 4 N–H and O–H groups in total. The van der Waals surface area contributed by atoms with Crippen molar-refractivity contribution in [1.29, 1.82) is 0 Å². The van der Waals surface area contributed by atoms with Crippen molar-refractivity contribution in [3.05, 3.63) is 106 Å². The molecule has 1 amide bonds. The van der Waals surface area contributed by atoms with Gasteiger partial charge in [0.15, 0.2) is 7.05 Å². The van der Waals surface area contributed by atoms with Gasteiger partial charge in [-0.25, -0.2) is 0 Å². The van der Waals surface area contributed by atoms with Gasteiger partial charge in [0.25, 0.3) is 11.6 Å². The topological polar surface area (TPSA) is 113 Å². The van der Waals surface area contributed by atoms with Crippen molar-refractivity contribution in [3.8, 4) is 17.0 Å². The third-order valence-corrected chi connectivity index (χ3v) is 5.95. The van der Waals surface area contributed by atoms with Crippen LogP contribution in [-0.4, -0.2) is 34.5 Å². The quantitative estimate of drug-likeness (QED) is 0.365. The average Bonchev–Trinajstić information content (AvgIpc) is 3.45. The highest BCUT2D eigenvalue weighted by atomic mass is 16.5. The van der Waals surface area contributed by atoms with Gasteiger partial charge in [-0.2, -0.15) is 5.10 Å². The number of carbonyl (C=O) groups is 1. The number of aromatic nitrogens is 2. The van der Waals surface area contributed by atoms with Crippen LogP contribution in [-0.2, 0) is 0 Å². The Morgan fingerprint density at radius 3 is 2.53 bits per heavy atom. The summed E-state index contributed by atoms with van der Waals surface area (Å²) < 4.78 is 6.92. The van der Waals surface area contributed by atoms with Crippen molar-refractivity contribution < 1.29 is 14.3 Å². The zero-order chi connectivity index (χ0) is 23.7. The smallest absolute Gasteiger partial charge is 0.270 e. The van der Waals surface area contributed by atoms with Crippen molar-refractivity contribution in [1.82, 2.24) is 15.5 Å². The van der Waals surface area contributed by atoms with Crippen molar-refractivity contribution >= 4 is 11.6 Å². The number of nitrogens with zero attached hydrogens (tertiary/aromatic N) is 2. The Balaban J connectivity index is 1.40. The Labute approximate surface area is 196 Å². The summed E-state index contributed by atoms with van der Waals surface area (Å²) in [7, 11) is 1.45. The Morgan fingerprint density at radius 2 is 1.82 bits per heavy atom. The van der Waals surface area contributed by atoms with E-state index in [0.29, 0.717) is 17.1 Å². The van der Waals surface area contributed by atoms with Crippen LogP contribution in [0.3, 0.4) is 0 Å². The van der Waals surface area contributed by atoms with Gasteiger partial charge in [0.2, 0.25) is 0 Å². The van der Waals surface area contributed by atoms with E-state index in [-0.39, 0.29) is 18.5 Å². The van der Waals surface area contributed by atoms with Gasteiger partial charge in [-0.05, 0) is 17.7 Å². The fourth-order valence-electron chi connectivity index (χ4n) is 4.22. The van der Waals surface area contributed by atoms with Gasteiger partial charge in [-0.1, -0.05) is 54.6 Å². The number of H-pyrrole nitrogens is 1. The molecule has 8 nitrogen and oxygen atoms in total. The van der Waals surface area contributed by atoms with E-state index in [4.69, 9.17) is 10.5 Å². The number of aromatic amines is 1. The molecule has 0 bridgehead atoms. The van der Waals surface area contributed by atoms with Crippen LogP contribution in [0.25, 0.3) is 11.3 Å². The molecule has 2 atom stereocenters. The number of nitrogens with one attached hydrogen (secondary N) is 2. The first kappa shape index (κ1) is 21.5. The van der Waals surface area contributed by atoms with Crippen molar-refractivity contribution in [3.63, 3.8) is 0 Å². The summed E-state index contributed by atoms with van der Waals surface area (Å²) in [6, 6.07) is 24.2. The van der Waals surface area contributed by atoms with Gasteiger partial charge < -0.3 is 15.8 Å². The van der Waals surface area contributed by atoms with Crippen LogP contribution in [0.4, 0.5) is 5.69 Å². The minimum Gasteiger partial charge on any atom is -0.484 e. The van der Waals surface area contributed by atoms with E-state index in [1.165, 1.54) is 7.05 Å². The highest BCUT2D eigenvalue weighted by Gasteiger charge is 2.35. The Hall–Kier alpha value is -4.30. The van der Waals surface area contributed by atoms with E-state index in [9.17, 15) is 9.70 Å². The SMILES string of the molecule is C[N+](=O)c1cccc(C(CN)Oc2ccc(C3NC(=O)c4[nH]nc(-c5ccccc5)c43)cc2)c1. The van der Waals surface area contributed by atoms with Gasteiger partial charge in [0.05, 0.1) is 11.7 Å². The molecule has 0 saturated carbocycles. The maximum Gasteiger partial charge on any atom is 0.270 e. The van der Waals surface area contributed by atoms with Crippen molar-refractivity contribution in [2.75, 3.05) is 13.6 Å². The molecule has 2 unspecified atom stereocenters. The first-order chi connectivity index (χ1) is 16.5. The summed E-state index contributed by atoms with van der Waals surface area (Å²) in [6.07, 6.45) is -0.401. The van der Waals surface area contributed by atoms with E-state index in [2.05, 4.69) is 15.5 Å². The number of fused-ring (bicyclic) bond motifs is 1. The van der Waals surface area contributed by atoms with Gasteiger partial charge in [0, 0.05) is 45.0 Å². The maximum atomic E-state index is 12.5. The summed E-state index contributed by atoms with van der Waals surface area (Å²) in [5.41, 5.74) is 11.3. The molecule has 0 spiro atoms. The van der Waals surface area contributed by atoms with Crippen LogP contribution in [0.2, 0.25) is 0 Å². The predicted molar refractivity (Wildman–Crippen MR) is 128 cm³/mol. The molecule has 2 heterocycles. The van der Waals surface area contributed by atoms with Crippen LogP contribution in [0.1, 0.15) is 39.3 Å². The molecule has 8 heteroatoms. The normalized spacial score (nSPS) is 15.5. The van der Waals surface area contributed by atoms with Crippen LogP contribution >= 0.6 is 0 Å². The molecule has 0 radical (unpaired) electrons. The molecule has 34 heavy (non-hydrogen) atoms. The molecule has 170 valence electrons. The van der Waals surface area contributed by atoms with Crippen LogP contribution in [0.15, 0.2) is 78.9 Å². The molecular formula is C26H24N5O3+.